The van der Waals surface area contributed by atoms with Crippen LogP contribution in [0.1, 0.15) is 19.3 Å². The molecular weight excluding hydrogens is 250 g/mol. The van der Waals surface area contributed by atoms with Crippen molar-refractivity contribution >= 4 is 23.2 Å². The minimum absolute atomic E-state index is 0.00730. The van der Waals surface area contributed by atoms with Crippen LogP contribution in [-0.2, 0) is 4.79 Å². The second kappa shape index (κ2) is 5.91. The van der Waals surface area contributed by atoms with Gasteiger partial charge in [-0.3, -0.25) is 4.79 Å². The average molecular weight is 266 g/mol. The lowest BCUT2D eigenvalue weighted by Crippen LogP contribution is -2.15. The summed E-state index contributed by atoms with van der Waals surface area (Å²) in [6, 6.07) is 5.17. The maximum Gasteiger partial charge on any atom is 0.225 e. The van der Waals surface area contributed by atoms with Crippen LogP contribution in [0, 0.1) is 5.92 Å². The number of allylic oxidation sites excluding steroid dienone is 2. The number of hydrogen-bond acceptors (Lipinski definition) is 2. The van der Waals surface area contributed by atoms with Crippen molar-refractivity contribution in [1.82, 2.24) is 0 Å². The molecule has 2 rings (SSSR count). The van der Waals surface area contributed by atoms with Crippen molar-refractivity contribution in [2.75, 3.05) is 12.4 Å². The first-order chi connectivity index (χ1) is 8.69. The third-order valence-electron chi connectivity index (χ3n) is 3.00. The number of carbonyl (C=O) groups is 1. The van der Waals surface area contributed by atoms with Gasteiger partial charge in [-0.1, -0.05) is 23.8 Å². The Kier molecular flexibility index (Phi) is 4.26. The lowest BCUT2D eigenvalue weighted by atomic mass is 10.1. The molecule has 0 aliphatic heterocycles. The van der Waals surface area contributed by atoms with Crippen LogP contribution >= 0.6 is 11.6 Å². The molecule has 1 aromatic rings. The SMILES string of the molecule is COc1ccc(Cl)cc1NC(=O)C[C@H]1C=CCC1. The molecule has 0 fully saturated rings. The highest BCUT2D eigenvalue weighted by Gasteiger charge is 2.15. The van der Waals surface area contributed by atoms with E-state index in [2.05, 4.69) is 17.5 Å². The van der Waals surface area contributed by atoms with Crippen LogP contribution in [0.3, 0.4) is 0 Å². The number of anilines is 1. The Balaban J connectivity index is 2.01. The second-order valence-electron chi connectivity index (χ2n) is 4.36. The van der Waals surface area contributed by atoms with Gasteiger partial charge in [-0.2, -0.15) is 0 Å². The fraction of sp³-hybridized carbons (Fsp3) is 0.357. The molecule has 4 heteroatoms. The monoisotopic (exact) mass is 265 g/mol. The largest absolute Gasteiger partial charge is 0.495 e. The van der Waals surface area contributed by atoms with Gasteiger partial charge in [0.15, 0.2) is 0 Å². The van der Waals surface area contributed by atoms with Gasteiger partial charge >= 0.3 is 0 Å². The van der Waals surface area contributed by atoms with Crippen LogP contribution < -0.4 is 10.1 Å². The van der Waals surface area contributed by atoms with E-state index in [0.717, 1.165) is 12.8 Å². The summed E-state index contributed by atoms with van der Waals surface area (Å²) in [4.78, 5) is 11.9. The zero-order chi connectivity index (χ0) is 13.0. The summed E-state index contributed by atoms with van der Waals surface area (Å²) < 4.78 is 5.18. The Morgan fingerprint density at radius 1 is 1.56 bits per heavy atom. The first-order valence-corrected chi connectivity index (χ1v) is 6.37. The molecule has 1 aromatic carbocycles. The Bertz CT molecular complexity index is 471. The number of benzene rings is 1. The average Bonchev–Trinajstić information content (AvgIpc) is 2.82. The lowest BCUT2D eigenvalue weighted by molar-refractivity contribution is -0.116. The Morgan fingerprint density at radius 3 is 3.06 bits per heavy atom. The fourth-order valence-corrected chi connectivity index (χ4v) is 2.25. The van der Waals surface area contributed by atoms with Crippen LogP contribution in [0.4, 0.5) is 5.69 Å². The molecule has 1 amide bonds. The zero-order valence-corrected chi connectivity index (χ0v) is 11.0. The number of rotatable bonds is 4. The number of amides is 1. The summed E-state index contributed by atoms with van der Waals surface area (Å²) in [6.07, 6.45) is 6.86. The molecule has 18 heavy (non-hydrogen) atoms. The summed E-state index contributed by atoms with van der Waals surface area (Å²) in [5.41, 5.74) is 0.622. The number of hydrogen-bond donors (Lipinski definition) is 1. The van der Waals surface area contributed by atoms with E-state index in [1.54, 1.807) is 25.3 Å². The maximum atomic E-state index is 11.9. The molecule has 1 atom stereocenters. The van der Waals surface area contributed by atoms with E-state index in [1.165, 1.54) is 0 Å². The van der Waals surface area contributed by atoms with Crippen molar-refractivity contribution in [2.24, 2.45) is 5.92 Å². The van der Waals surface area contributed by atoms with Crippen LogP contribution in [0.5, 0.6) is 5.75 Å². The molecule has 0 aromatic heterocycles. The van der Waals surface area contributed by atoms with Crippen molar-refractivity contribution in [3.05, 3.63) is 35.4 Å². The first-order valence-electron chi connectivity index (χ1n) is 5.99. The van der Waals surface area contributed by atoms with Gasteiger partial charge in [-0.15, -0.1) is 0 Å². The molecule has 0 saturated heterocycles. The number of ether oxygens (including phenoxy) is 1. The van der Waals surface area contributed by atoms with Gasteiger partial charge in [0, 0.05) is 11.4 Å². The molecule has 0 unspecified atom stereocenters. The standard InChI is InChI=1S/C14H16ClNO2/c1-18-13-7-6-11(15)9-12(13)16-14(17)8-10-4-2-3-5-10/h2,4,6-7,9-10H,3,5,8H2,1H3,(H,16,17)/t10-/m0/s1. The van der Waals surface area contributed by atoms with Crippen molar-refractivity contribution in [3.63, 3.8) is 0 Å². The van der Waals surface area contributed by atoms with Gasteiger partial charge in [-0.05, 0) is 37.0 Å². The predicted octanol–water partition coefficient (Wildman–Crippen LogP) is 3.64. The molecule has 3 nitrogen and oxygen atoms in total. The first kappa shape index (κ1) is 13.0. The third-order valence-corrected chi connectivity index (χ3v) is 3.23. The van der Waals surface area contributed by atoms with E-state index >= 15 is 0 Å². The Hall–Kier alpha value is -1.48. The molecule has 96 valence electrons. The smallest absolute Gasteiger partial charge is 0.225 e. The van der Waals surface area contributed by atoms with E-state index in [4.69, 9.17) is 16.3 Å². The van der Waals surface area contributed by atoms with E-state index < -0.39 is 0 Å². The quantitative estimate of drug-likeness (QED) is 0.844. The summed E-state index contributed by atoms with van der Waals surface area (Å²) in [5, 5.41) is 3.42. The van der Waals surface area contributed by atoms with Gasteiger partial charge in [-0.25, -0.2) is 0 Å². The van der Waals surface area contributed by atoms with E-state index in [-0.39, 0.29) is 5.91 Å². The number of carbonyl (C=O) groups excluding carboxylic acids is 1. The highest BCUT2D eigenvalue weighted by Crippen LogP contribution is 2.28. The highest BCUT2D eigenvalue weighted by molar-refractivity contribution is 6.31. The summed E-state index contributed by atoms with van der Waals surface area (Å²) in [6.45, 7) is 0. The van der Waals surface area contributed by atoms with Gasteiger partial charge in [0.05, 0.1) is 12.8 Å². The highest BCUT2D eigenvalue weighted by atomic mass is 35.5. The van der Waals surface area contributed by atoms with Crippen LogP contribution in [0.25, 0.3) is 0 Å². The minimum Gasteiger partial charge on any atom is -0.495 e. The fourth-order valence-electron chi connectivity index (χ4n) is 2.08. The number of methoxy groups -OCH3 is 1. The van der Waals surface area contributed by atoms with Gasteiger partial charge in [0.2, 0.25) is 5.91 Å². The summed E-state index contributed by atoms with van der Waals surface area (Å²) in [5.74, 6) is 0.969. The second-order valence-corrected chi connectivity index (χ2v) is 4.80. The van der Waals surface area contributed by atoms with Gasteiger partial charge < -0.3 is 10.1 Å². The maximum absolute atomic E-state index is 11.9. The summed E-state index contributed by atoms with van der Waals surface area (Å²) in [7, 11) is 1.57. The molecule has 1 N–H and O–H groups in total. The van der Waals surface area contributed by atoms with Crippen molar-refractivity contribution in [1.29, 1.82) is 0 Å². The van der Waals surface area contributed by atoms with Crippen LogP contribution in [0.2, 0.25) is 5.02 Å². The Labute approximate surface area is 112 Å². The molecule has 1 aliphatic rings. The molecule has 0 spiro atoms. The van der Waals surface area contributed by atoms with E-state index in [0.29, 0.717) is 28.8 Å². The topological polar surface area (TPSA) is 38.3 Å². The number of halogens is 1. The molecule has 0 heterocycles. The third kappa shape index (κ3) is 3.26. The molecule has 0 radical (unpaired) electrons. The van der Waals surface area contributed by atoms with Crippen molar-refractivity contribution in [2.45, 2.75) is 19.3 Å². The van der Waals surface area contributed by atoms with Crippen molar-refractivity contribution in [3.8, 4) is 5.75 Å². The van der Waals surface area contributed by atoms with Crippen LogP contribution in [0.15, 0.2) is 30.4 Å². The van der Waals surface area contributed by atoms with Gasteiger partial charge in [0.1, 0.15) is 5.75 Å². The lowest BCUT2D eigenvalue weighted by Gasteiger charge is -2.12. The van der Waals surface area contributed by atoms with E-state index in [9.17, 15) is 4.79 Å². The molecule has 1 aliphatic carbocycles. The minimum atomic E-state index is -0.00730. The molecule has 0 bridgehead atoms. The summed E-state index contributed by atoms with van der Waals surface area (Å²) >= 11 is 5.91. The van der Waals surface area contributed by atoms with Crippen LogP contribution in [-0.4, -0.2) is 13.0 Å². The Morgan fingerprint density at radius 2 is 2.39 bits per heavy atom. The molecular formula is C14H16ClNO2. The predicted molar refractivity (Wildman–Crippen MR) is 73.1 cm³/mol. The van der Waals surface area contributed by atoms with Crippen molar-refractivity contribution < 1.29 is 9.53 Å². The number of nitrogens with one attached hydrogen (secondary N) is 1. The normalized spacial score (nSPS) is 17.8. The van der Waals surface area contributed by atoms with Gasteiger partial charge in [0.25, 0.3) is 0 Å². The molecule has 0 saturated carbocycles. The van der Waals surface area contributed by atoms with E-state index in [1.807, 2.05) is 0 Å². The zero-order valence-electron chi connectivity index (χ0n) is 10.3.